The summed E-state index contributed by atoms with van der Waals surface area (Å²) in [5.41, 5.74) is 6.27. The Balaban J connectivity index is 2.64. The number of benzene rings is 2. The average molecular weight is 511 g/mol. The number of phenolic OH excluding ortho intramolecular Hbond substituents is 2. The lowest BCUT2D eigenvalue weighted by Gasteiger charge is -2.30. The van der Waals surface area contributed by atoms with Crippen molar-refractivity contribution in [1.29, 1.82) is 0 Å². The number of hydrogen-bond acceptors (Lipinski definition) is 3. The SMILES string of the molecule is CCCCCCC(=S)C(C)CC(c1cc(C(C)(C)C)c(O)cc1C)c1cc(C(C)(C)C)c(O)cc1C. The molecule has 0 saturated heterocycles. The first-order valence-electron chi connectivity index (χ1n) is 13.8. The minimum Gasteiger partial charge on any atom is -0.508 e. The van der Waals surface area contributed by atoms with Gasteiger partial charge in [0.05, 0.1) is 0 Å². The fourth-order valence-corrected chi connectivity index (χ4v) is 5.49. The smallest absolute Gasteiger partial charge is 0.119 e. The zero-order valence-corrected chi connectivity index (χ0v) is 25.3. The normalized spacial score (nSPS) is 13.3. The van der Waals surface area contributed by atoms with E-state index in [1.807, 2.05) is 12.1 Å². The molecule has 0 saturated carbocycles. The maximum absolute atomic E-state index is 10.8. The third kappa shape index (κ3) is 7.57. The minimum absolute atomic E-state index is 0.122. The summed E-state index contributed by atoms with van der Waals surface area (Å²) in [6.45, 7) is 21.6. The van der Waals surface area contributed by atoms with Crippen LogP contribution in [0.4, 0.5) is 0 Å². The van der Waals surface area contributed by atoms with Gasteiger partial charge in [0.25, 0.3) is 0 Å². The molecule has 2 rings (SSSR count). The molecule has 2 aromatic carbocycles. The predicted octanol–water partition coefficient (Wildman–Crippen LogP) is 9.81. The summed E-state index contributed by atoms with van der Waals surface area (Å²) in [5.74, 6) is 1.14. The van der Waals surface area contributed by atoms with Gasteiger partial charge in [0.2, 0.25) is 0 Å². The second-order valence-corrected chi connectivity index (χ2v) is 13.4. The van der Waals surface area contributed by atoms with E-state index in [0.29, 0.717) is 17.4 Å². The zero-order valence-electron chi connectivity index (χ0n) is 24.5. The van der Waals surface area contributed by atoms with E-state index in [0.717, 1.165) is 40.0 Å². The average Bonchev–Trinajstić information content (AvgIpc) is 2.73. The summed E-state index contributed by atoms with van der Waals surface area (Å²) in [6.07, 6.45) is 6.83. The molecule has 0 aliphatic heterocycles. The Morgan fingerprint density at radius 3 is 1.61 bits per heavy atom. The van der Waals surface area contributed by atoms with Crippen molar-refractivity contribution >= 4 is 17.1 Å². The number of aromatic hydroxyl groups is 2. The van der Waals surface area contributed by atoms with E-state index >= 15 is 0 Å². The zero-order chi connectivity index (χ0) is 27.4. The third-order valence-corrected chi connectivity index (χ3v) is 8.16. The monoisotopic (exact) mass is 510 g/mol. The van der Waals surface area contributed by atoms with Crippen molar-refractivity contribution in [3.8, 4) is 11.5 Å². The van der Waals surface area contributed by atoms with Crippen molar-refractivity contribution in [3.63, 3.8) is 0 Å². The maximum Gasteiger partial charge on any atom is 0.119 e. The first kappa shape index (κ1) is 30.4. The van der Waals surface area contributed by atoms with Crippen LogP contribution >= 0.6 is 12.2 Å². The number of aryl methyl sites for hydroxylation is 2. The van der Waals surface area contributed by atoms with Gasteiger partial charge in [-0.25, -0.2) is 0 Å². The summed E-state index contributed by atoms with van der Waals surface area (Å²) in [4.78, 5) is 1.16. The largest absolute Gasteiger partial charge is 0.508 e. The van der Waals surface area contributed by atoms with Crippen LogP contribution in [0, 0.1) is 19.8 Å². The van der Waals surface area contributed by atoms with E-state index in [1.165, 1.54) is 36.8 Å². The first-order chi connectivity index (χ1) is 16.6. The molecule has 36 heavy (non-hydrogen) atoms. The lowest BCUT2D eigenvalue weighted by atomic mass is 9.75. The maximum atomic E-state index is 10.8. The van der Waals surface area contributed by atoms with Crippen molar-refractivity contribution < 1.29 is 10.2 Å². The van der Waals surface area contributed by atoms with Crippen LogP contribution in [0.1, 0.15) is 133 Å². The van der Waals surface area contributed by atoms with E-state index in [2.05, 4.69) is 81.4 Å². The standard InChI is InChI=1S/C33H50O2S/c1-11-12-13-14-15-31(36)23(4)16-26(24-19-27(32(5,6)7)29(34)17-21(24)2)25-20-28(33(8,9)10)30(35)18-22(25)3/h17-20,23,26,34-35H,11-16H2,1-10H3. The fraction of sp³-hybridized carbons (Fsp3) is 0.606. The molecule has 0 heterocycles. The van der Waals surface area contributed by atoms with E-state index in [9.17, 15) is 10.2 Å². The second kappa shape index (κ2) is 12.1. The molecule has 0 spiro atoms. The van der Waals surface area contributed by atoms with Gasteiger partial charge in [-0.2, -0.15) is 0 Å². The minimum atomic E-state index is -0.169. The van der Waals surface area contributed by atoms with E-state index in [4.69, 9.17) is 12.2 Å². The molecule has 1 unspecified atom stereocenters. The van der Waals surface area contributed by atoms with Gasteiger partial charge in [-0.15, -0.1) is 0 Å². The Labute approximate surface area is 226 Å². The van der Waals surface area contributed by atoms with Crippen molar-refractivity contribution in [2.24, 2.45) is 5.92 Å². The van der Waals surface area contributed by atoms with Gasteiger partial charge in [-0.3, -0.25) is 0 Å². The fourth-order valence-electron chi connectivity index (χ4n) is 5.25. The quantitative estimate of drug-likeness (QED) is 0.247. The highest BCUT2D eigenvalue weighted by molar-refractivity contribution is 7.80. The first-order valence-corrected chi connectivity index (χ1v) is 14.2. The van der Waals surface area contributed by atoms with Gasteiger partial charge in [0, 0.05) is 5.92 Å². The van der Waals surface area contributed by atoms with Gasteiger partial charge in [-0.1, -0.05) is 99.0 Å². The third-order valence-electron chi connectivity index (χ3n) is 7.55. The Hall–Kier alpha value is -1.87. The molecule has 0 aliphatic carbocycles. The summed E-state index contributed by atoms with van der Waals surface area (Å²) < 4.78 is 0. The van der Waals surface area contributed by atoms with Crippen molar-refractivity contribution in [3.05, 3.63) is 57.6 Å². The van der Waals surface area contributed by atoms with Crippen LogP contribution in [-0.2, 0) is 10.8 Å². The van der Waals surface area contributed by atoms with Crippen LogP contribution in [0.3, 0.4) is 0 Å². The molecule has 200 valence electrons. The van der Waals surface area contributed by atoms with Crippen LogP contribution in [0.15, 0.2) is 24.3 Å². The highest BCUT2D eigenvalue weighted by atomic mass is 32.1. The number of thiocarbonyl (C=S) groups is 1. The number of rotatable bonds is 10. The lowest BCUT2D eigenvalue weighted by Crippen LogP contribution is -2.19. The van der Waals surface area contributed by atoms with Gasteiger partial charge in [0.15, 0.2) is 0 Å². The number of hydrogen-bond donors (Lipinski definition) is 2. The van der Waals surface area contributed by atoms with Crippen LogP contribution in [-0.4, -0.2) is 15.1 Å². The molecule has 2 aromatic rings. The molecule has 0 bridgehead atoms. The van der Waals surface area contributed by atoms with Crippen LogP contribution < -0.4 is 0 Å². The molecule has 0 fully saturated rings. The van der Waals surface area contributed by atoms with Crippen LogP contribution in [0.5, 0.6) is 11.5 Å². The second-order valence-electron chi connectivity index (χ2n) is 12.9. The lowest BCUT2D eigenvalue weighted by molar-refractivity contribution is 0.444. The summed E-state index contributed by atoms with van der Waals surface area (Å²) >= 11 is 5.94. The molecule has 0 aromatic heterocycles. The topological polar surface area (TPSA) is 40.5 Å². The van der Waals surface area contributed by atoms with Crippen molar-refractivity contribution in [2.75, 3.05) is 0 Å². The Kier molecular flexibility index (Phi) is 10.2. The molecule has 0 aliphatic rings. The van der Waals surface area contributed by atoms with Crippen LogP contribution in [0.2, 0.25) is 0 Å². The summed E-state index contributed by atoms with van der Waals surface area (Å²) in [5, 5.41) is 21.6. The predicted molar refractivity (Wildman–Crippen MR) is 160 cm³/mol. The molecule has 0 radical (unpaired) electrons. The summed E-state index contributed by atoms with van der Waals surface area (Å²) in [6, 6.07) is 8.29. The summed E-state index contributed by atoms with van der Waals surface area (Å²) in [7, 11) is 0. The van der Waals surface area contributed by atoms with Gasteiger partial charge in [-0.05, 0) is 100 Å². The van der Waals surface area contributed by atoms with Crippen molar-refractivity contribution in [1.82, 2.24) is 0 Å². The molecule has 3 heteroatoms. The van der Waals surface area contributed by atoms with Crippen LogP contribution in [0.25, 0.3) is 0 Å². The highest BCUT2D eigenvalue weighted by Crippen LogP contribution is 2.43. The Bertz CT molecular complexity index is 983. The van der Waals surface area contributed by atoms with E-state index in [-0.39, 0.29) is 16.7 Å². The molecule has 2 N–H and O–H groups in total. The molecular weight excluding hydrogens is 460 g/mol. The number of phenols is 2. The molecule has 2 nitrogen and oxygen atoms in total. The molecular formula is C33H50O2S. The highest BCUT2D eigenvalue weighted by Gasteiger charge is 2.28. The Morgan fingerprint density at radius 1 is 0.778 bits per heavy atom. The van der Waals surface area contributed by atoms with Crippen molar-refractivity contribution in [2.45, 2.75) is 125 Å². The van der Waals surface area contributed by atoms with Gasteiger partial charge < -0.3 is 10.2 Å². The van der Waals surface area contributed by atoms with Gasteiger partial charge in [0.1, 0.15) is 11.5 Å². The Morgan fingerprint density at radius 2 is 1.22 bits per heavy atom. The number of unbranched alkanes of at least 4 members (excludes halogenated alkanes) is 3. The molecule has 0 amide bonds. The van der Waals surface area contributed by atoms with E-state index < -0.39 is 0 Å². The molecule has 1 atom stereocenters. The van der Waals surface area contributed by atoms with Gasteiger partial charge >= 0.3 is 0 Å². The van der Waals surface area contributed by atoms with E-state index in [1.54, 1.807) is 0 Å².